The molecule has 0 saturated carbocycles. The Morgan fingerprint density at radius 2 is 2.00 bits per heavy atom. The predicted molar refractivity (Wildman–Crippen MR) is 100 cm³/mol. The van der Waals surface area contributed by atoms with E-state index in [-0.39, 0.29) is 17.8 Å². The van der Waals surface area contributed by atoms with E-state index in [9.17, 15) is 9.59 Å². The summed E-state index contributed by atoms with van der Waals surface area (Å²) in [6.07, 6.45) is 1.60. The van der Waals surface area contributed by atoms with Crippen molar-refractivity contribution >= 4 is 34.8 Å². The zero-order valence-electron chi connectivity index (χ0n) is 14.0. The number of carbonyl (C=O) groups is 2. The molecule has 2 aromatic rings. The number of esters is 1. The minimum absolute atomic E-state index is 0.0146. The summed E-state index contributed by atoms with van der Waals surface area (Å²) in [5, 5.41) is 0.690. The van der Waals surface area contributed by atoms with Crippen molar-refractivity contribution in [2.24, 2.45) is 5.92 Å². The molecular formula is C19H20ClNO3S. The second-order valence-corrected chi connectivity index (χ2v) is 7.53. The Labute approximate surface area is 156 Å². The number of nitrogens with zero attached hydrogens (tertiary/aromatic N) is 1. The average Bonchev–Trinajstić information content (AvgIpc) is 3.12. The summed E-state index contributed by atoms with van der Waals surface area (Å²) in [6.45, 7) is 3.29. The lowest BCUT2D eigenvalue weighted by Crippen LogP contribution is -2.42. The van der Waals surface area contributed by atoms with Crippen LogP contribution in [0.1, 0.15) is 29.4 Å². The maximum Gasteiger partial charge on any atom is 0.310 e. The summed E-state index contributed by atoms with van der Waals surface area (Å²) >= 11 is 7.39. The smallest absolute Gasteiger partial charge is 0.310 e. The molecule has 0 spiro atoms. The standard InChI is InChI=1S/C19H20ClNO3S/c1-2-24-19(23)14-4-3-11-21(12-14)18(22)17-10-9-16(25-17)13-5-7-15(20)8-6-13/h5-10,14H,2-4,11-12H2,1H3. The van der Waals surface area contributed by atoms with Crippen LogP contribution in [0.25, 0.3) is 10.4 Å². The molecule has 1 aliphatic heterocycles. The van der Waals surface area contributed by atoms with Gasteiger partial charge in [0.05, 0.1) is 17.4 Å². The largest absolute Gasteiger partial charge is 0.466 e. The Morgan fingerprint density at radius 1 is 1.24 bits per heavy atom. The molecule has 1 aromatic carbocycles. The van der Waals surface area contributed by atoms with Gasteiger partial charge < -0.3 is 9.64 Å². The molecule has 2 heterocycles. The van der Waals surface area contributed by atoms with E-state index in [4.69, 9.17) is 16.3 Å². The van der Waals surface area contributed by atoms with Gasteiger partial charge in [0.1, 0.15) is 0 Å². The van der Waals surface area contributed by atoms with E-state index < -0.39 is 0 Å². The van der Waals surface area contributed by atoms with Crippen molar-refractivity contribution in [3.63, 3.8) is 0 Å². The van der Waals surface area contributed by atoms with Gasteiger partial charge in [0, 0.05) is 23.0 Å². The van der Waals surface area contributed by atoms with Gasteiger partial charge in [0.15, 0.2) is 0 Å². The second-order valence-electron chi connectivity index (χ2n) is 6.01. The molecule has 132 valence electrons. The van der Waals surface area contributed by atoms with E-state index in [1.54, 1.807) is 11.8 Å². The summed E-state index contributed by atoms with van der Waals surface area (Å²) in [6, 6.07) is 11.4. The second kappa shape index (κ2) is 8.02. The van der Waals surface area contributed by atoms with Gasteiger partial charge in [-0.25, -0.2) is 0 Å². The number of rotatable bonds is 4. The van der Waals surface area contributed by atoms with Crippen LogP contribution in [-0.2, 0) is 9.53 Å². The first kappa shape index (κ1) is 18.0. The highest BCUT2D eigenvalue weighted by atomic mass is 35.5. The van der Waals surface area contributed by atoms with Crippen molar-refractivity contribution in [2.75, 3.05) is 19.7 Å². The fraction of sp³-hybridized carbons (Fsp3) is 0.368. The third-order valence-corrected chi connectivity index (χ3v) is 5.65. The quantitative estimate of drug-likeness (QED) is 0.738. The molecule has 6 heteroatoms. The molecular weight excluding hydrogens is 358 g/mol. The molecule has 0 aliphatic carbocycles. The lowest BCUT2D eigenvalue weighted by atomic mass is 9.98. The minimum atomic E-state index is -0.214. The third kappa shape index (κ3) is 4.22. The number of hydrogen-bond acceptors (Lipinski definition) is 4. The number of carbonyl (C=O) groups excluding carboxylic acids is 2. The maximum absolute atomic E-state index is 12.8. The van der Waals surface area contributed by atoms with E-state index in [2.05, 4.69) is 0 Å². The van der Waals surface area contributed by atoms with Crippen molar-refractivity contribution < 1.29 is 14.3 Å². The van der Waals surface area contributed by atoms with Crippen molar-refractivity contribution in [3.05, 3.63) is 46.3 Å². The molecule has 1 fully saturated rings. The number of amides is 1. The van der Waals surface area contributed by atoms with Crippen molar-refractivity contribution in [2.45, 2.75) is 19.8 Å². The minimum Gasteiger partial charge on any atom is -0.466 e. The summed E-state index contributed by atoms with van der Waals surface area (Å²) in [5.41, 5.74) is 1.04. The lowest BCUT2D eigenvalue weighted by molar-refractivity contribution is -0.149. The molecule has 25 heavy (non-hydrogen) atoms. The number of hydrogen-bond donors (Lipinski definition) is 0. The van der Waals surface area contributed by atoms with Crippen LogP contribution in [-0.4, -0.2) is 36.5 Å². The topological polar surface area (TPSA) is 46.6 Å². The van der Waals surface area contributed by atoms with E-state index in [0.717, 1.165) is 23.3 Å². The highest BCUT2D eigenvalue weighted by Gasteiger charge is 2.30. The number of thiophene rings is 1. The summed E-state index contributed by atoms with van der Waals surface area (Å²) in [5.74, 6) is -0.430. The van der Waals surface area contributed by atoms with Crippen LogP contribution in [0.15, 0.2) is 36.4 Å². The van der Waals surface area contributed by atoms with E-state index in [0.29, 0.717) is 29.6 Å². The molecule has 4 nitrogen and oxygen atoms in total. The Kier molecular flexibility index (Phi) is 5.76. The third-order valence-electron chi connectivity index (χ3n) is 4.27. The number of benzene rings is 1. The highest BCUT2D eigenvalue weighted by molar-refractivity contribution is 7.17. The van der Waals surface area contributed by atoms with Gasteiger partial charge >= 0.3 is 5.97 Å². The predicted octanol–water partition coefficient (Wildman–Crippen LogP) is 4.48. The van der Waals surface area contributed by atoms with Crippen LogP contribution >= 0.6 is 22.9 Å². The molecule has 0 radical (unpaired) electrons. The van der Waals surface area contributed by atoms with Crippen LogP contribution in [0.3, 0.4) is 0 Å². The molecule has 1 saturated heterocycles. The molecule has 1 aliphatic rings. The Balaban J connectivity index is 1.70. The van der Waals surface area contributed by atoms with Gasteiger partial charge in [-0.15, -0.1) is 11.3 Å². The fourth-order valence-electron chi connectivity index (χ4n) is 2.99. The zero-order chi connectivity index (χ0) is 17.8. The molecule has 1 atom stereocenters. The molecule has 0 N–H and O–H groups in total. The molecule has 3 rings (SSSR count). The number of ether oxygens (including phenoxy) is 1. The van der Waals surface area contributed by atoms with Crippen LogP contribution in [0.2, 0.25) is 5.02 Å². The Bertz CT molecular complexity index is 756. The van der Waals surface area contributed by atoms with Crippen molar-refractivity contribution in [3.8, 4) is 10.4 Å². The molecule has 1 unspecified atom stereocenters. The van der Waals surface area contributed by atoms with Gasteiger partial charge in [0.2, 0.25) is 0 Å². The van der Waals surface area contributed by atoms with Gasteiger partial charge in [-0.3, -0.25) is 9.59 Å². The van der Waals surface area contributed by atoms with Gasteiger partial charge in [-0.2, -0.15) is 0 Å². The van der Waals surface area contributed by atoms with Crippen LogP contribution in [0.5, 0.6) is 0 Å². The first-order chi connectivity index (χ1) is 12.1. The lowest BCUT2D eigenvalue weighted by Gasteiger charge is -2.31. The Morgan fingerprint density at radius 3 is 2.72 bits per heavy atom. The Hall–Kier alpha value is -1.85. The number of piperidine rings is 1. The first-order valence-corrected chi connectivity index (χ1v) is 9.59. The van der Waals surface area contributed by atoms with E-state index in [1.165, 1.54) is 11.3 Å². The zero-order valence-corrected chi connectivity index (χ0v) is 15.6. The summed E-state index contributed by atoms with van der Waals surface area (Å²) in [4.78, 5) is 28.2. The normalized spacial score (nSPS) is 17.4. The van der Waals surface area contributed by atoms with Gasteiger partial charge in [0.25, 0.3) is 5.91 Å². The summed E-state index contributed by atoms with van der Waals surface area (Å²) in [7, 11) is 0. The fourth-order valence-corrected chi connectivity index (χ4v) is 4.10. The number of halogens is 1. The molecule has 0 bridgehead atoms. The average molecular weight is 378 g/mol. The van der Waals surface area contributed by atoms with Crippen molar-refractivity contribution in [1.82, 2.24) is 4.90 Å². The summed E-state index contributed by atoms with van der Waals surface area (Å²) < 4.78 is 5.10. The van der Waals surface area contributed by atoms with Crippen LogP contribution in [0, 0.1) is 5.92 Å². The monoisotopic (exact) mass is 377 g/mol. The van der Waals surface area contributed by atoms with Gasteiger partial charge in [-0.1, -0.05) is 23.7 Å². The van der Waals surface area contributed by atoms with Gasteiger partial charge in [-0.05, 0) is 49.6 Å². The van der Waals surface area contributed by atoms with Crippen LogP contribution < -0.4 is 0 Å². The van der Waals surface area contributed by atoms with Crippen molar-refractivity contribution in [1.29, 1.82) is 0 Å². The van der Waals surface area contributed by atoms with Crippen LogP contribution in [0.4, 0.5) is 0 Å². The van der Waals surface area contributed by atoms with E-state index >= 15 is 0 Å². The SMILES string of the molecule is CCOC(=O)C1CCCN(C(=O)c2ccc(-c3ccc(Cl)cc3)s2)C1. The highest BCUT2D eigenvalue weighted by Crippen LogP contribution is 2.30. The molecule has 1 amide bonds. The number of likely N-dealkylation sites (tertiary alicyclic amines) is 1. The molecule has 1 aromatic heterocycles. The first-order valence-electron chi connectivity index (χ1n) is 8.40. The van der Waals surface area contributed by atoms with E-state index in [1.807, 2.05) is 36.4 Å². The maximum atomic E-state index is 12.8.